The predicted molar refractivity (Wildman–Crippen MR) is 63.1 cm³/mol. The van der Waals surface area contributed by atoms with Gasteiger partial charge in [0.05, 0.1) is 6.54 Å². The van der Waals surface area contributed by atoms with E-state index in [9.17, 15) is 4.79 Å². The van der Waals surface area contributed by atoms with Crippen LogP contribution in [0.2, 0.25) is 0 Å². The summed E-state index contributed by atoms with van der Waals surface area (Å²) in [4.78, 5) is 10.6. The summed E-state index contributed by atoms with van der Waals surface area (Å²) in [6, 6.07) is 3.90. The minimum absolute atomic E-state index is 0.174. The molecule has 1 heterocycles. The topological polar surface area (TPSA) is 73.6 Å². The molecule has 0 saturated carbocycles. The molecule has 0 unspecified atom stereocenters. The van der Waals surface area contributed by atoms with E-state index in [1.54, 1.807) is 0 Å². The van der Waals surface area contributed by atoms with Gasteiger partial charge in [0.1, 0.15) is 13.2 Å². The molecule has 0 fully saturated rings. The number of primary amides is 1. The molecule has 0 spiro atoms. The van der Waals surface area contributed by atoms with Crippen LogP contribution in [0.5, 0.6) is 11.5 Å². The third kappa shape index (κ3) is 2.88. The standard InChI is InChI=1S/C12H16N2O3/c1-8-4-10-11(17-3-2-16-10)5-9(8)6-14-7-12(13)15/h4-5,14H,2-3,6-7H2,1H3,(H2,13,15). The molecule has 1 aromatic rings. The van der Waals surface area contributed by atoms with Crippen molar-refractivity contribution in [3.05, 3.63) is 23.3 Å². The lowest BCUT2D eigenvalue weighted by molar-refractivity contribution is -0.117. The summed E-state index contributed by atoms with van der Waals surface area (Å²) in [5, 5.41) is 2.98. The quantitative estimate of drug-likeness (QED) is 0.790. The molecule has 0 aliphatic carbocycles. The van der Waals surface area contributed by atoms with Gasteiger partial charge in [-0.3, -0.25) is 4.79 Å². The summed E-state index contributed by atoms with van der Waals surface area (Å²) >= 11 is 0. The number of carbonyl (C=O) groups is 1. The zero-order valence-electron chi connectivity index (χ0n) is 9.79. The molecule has 5 nitrogen and oxygen atoms in total. The fourth-order valence-electron chi connectivity index (χ4n) is 1.74. The number of aryl methyl sites for hydroxylation is 1. The number of hydrogen-bond acceptors (Lipinski definition) is 4. The van der Waals surface area contributed by atoms with Crippen molar-refractivity contribution in [2.75, 3.05) is 19.8 Å². The highest BCUT2D eigenvalue weighted by molar-refractivity contribution is 5.75. The molecule has 92 valence electrons. The molecule has 0 bridgehead atoms. The Morgan fingerprint density at radius 1 is 1.35 bits per heavy atom. The van der Waals surface area contributed by atoms with Gasteiger partial charge in [0.15, 0.2) is 11.5 Å². The number of rotatable bonds is 4. The van der Waals surface area contributed by atoms with Crippen LogP contribution in [0.3, 0.4) is 0 Å². The number of ether oxygens (including phenoxy) is 2. The van der Waals surface area contributed by atoms with Crippen LogP contribution < -0.4 is 20.5 Å². The van der Waals surface area contributed by atoms with Gasteiger partial charge in [-0.1, -0.05) is 0 Å². The lowest BCUT2D eigenvalue weighted by Gasteiger charge is -2.20. The Bertz CT molecular complexity index is 432. The minimum atomic E-state index is -0.361. The monoisotopic (exact) mass is 236 g/mol. The van der Waals surface area contributed by atoms with Crippen LogP contribution in [0.1, 0.15) is 11.1 Å². The van der Waals surface area contributed by atoms with Gasteiger partial charge in [-0.05, 0) is 30.2 Å². The van der Waals surface area contributed by atoms with E-state index in [-0.39, 0.29) is 12.5 Å². The van der Waals surface area contributed by atoms with Gasteiger partial charge in [0.25, 0.3) is 0 Å². The molecular formula is C12H16N2O3. The van der Waals surface area contributed by atoms with Gasteiger partial charge in [-0.25, -0.2) is 0 Å². The minimum Gasteiger partial charge on any atom is -0.486 e. The smallest absolute Gasteiger partial charge is 0.231 e. The lowest BCUT2D eigenvalue weighted by Crippen LogP contribution is -2.28. The first-order valence-corrected chi connectivity index (χ1v) is 5.55. The molecule has 3 N–H and O–H groups in total. The summed E-state index contributed by atoms with van der Waals surface area (Å²) in [6.07, 6.45) is 0. The van der Waals surface area contributed by atoms with E-state index < -0.39 is 0 Å². The van der Waals surface area contributed by atoms with E-state index in [4.69, 9.17) is 15.2 Å². The fourth-order valence-corrected chi connectivity index (χ4v) is 1.74. The molecule has 17 heavy (non-hydrogen) atoms. The average Bonchev–Trinajstić information content (AvgIpc) is 2.29. The molecule has 2 rings (SSSR count). The first-order chi connectivity index (χ1) is 8.16. The van der Waals surface area contributed by atoms with Crippen molar-refractivity contribution in [1.29, 1.82) is 0 Å². The molecule has 0 saturated heterocycles. The van der Waals surface area contributed by atoms with Crippen molar-refractivity contribution in [2.24, 2.45) is 5.73 Å². The second kappa shape index (κ2) is 5.05. The molecule has 1 aliphatic rings. The Kier molecular flexibility index (Phi) is 3.49. The number of benzene rings is 1. The van der Waals surface area contributed by atoms with Gasteiger partial charge in [0, 0.05) is 6.54 Å². The Labute approximate surface area is 99.9 Å². The molecule has 0 aromatic heterocycles. The maximum absolute atomic E-state index is 10.6. The van der Waals surface area contributed by atoms with E-state index in [1.165, 1.54) is 0 Å². The second-order valence-corrected chi connectivity index (χ2v) is 3.99. The van der Waals surface area contributed by atoms with Crippen LogP contribution in [0.25, 0.3) is 0 Å². The maximum Gasteiger partial charge on any atom is 0.231 e. The number of nitrogens with one attached hydrogen (secondary N) is 1. The number of hydrogen-bond donors (Lipinski definition) is 2. The van der Waals surface area contributed by atoms with Crippen molar-refractivity contribution in [2.45, 2.75) is 13.5 Å². The highest BCUT2D eigenvalue weighted by Crippen LogP contribution is 2.32. The van der Waals surface area contributed by atoms with Crippen LogP contribution in [0.15, 0.2) is 12.1 Å². The van der Waals surface area contributed by atoms with Crippen LogP contribution >= 0.6 is 0 Å². The van der Waals surface area contributed by atoms with Crippen LogP contribution in [-0.4, -0.2) is 25.7 Å². The maximum atomic E-state index is 10.6. The summed E-state index contributed by atoms with van der Waals surface area (Å²) in [5.74, 6) is 1.19. The summed E-state index contributed by atoms with van der Waals surface area (Å²) in [7, 11) is 0. The molecule has 0 radical (unpaired) electrons. The summed E-state index contributed by atoms with van der Waals surface area (Å²) in [6.45, 7) is 3.93. The van der Waals surface area contributed by atoms with Crippen LogP contribution in [0, 0.1) is 6.92 Å². The Balaban J connectivity index is 2.09. The highest BCUT2D eigenvalue weighted by Gasteiger charge is 2.13. The first-order valence-electron chi connectivity index (χ1n) is 5.55. The molecule has 1 aromatic carbocycles. The number of amides is 1. The van der Waals surface area contributed by atoms with E-state index >= 15 is 0 Å². The Morgan fingerprint density at radius 3 is 2.65 bits per heavy atom. The zero-order valence-corrected chi connectivity index (χ0v) is 9.79. The van der Waals surface area contributed by atoms with Gasteiger partial charge in [-0.2, -0.15) is 0 Å². The van der Waals surface area contributed by atoms with Crippen molar-refractivity contribution >= 4 is 5.91 Å². The van der Waals surface area contributed by atoms with E-state index in [1.807, 2.05) is 19.1 Å². The molecule has 1 amide bonds. The van der Waals surface area contributed by atoms with E-state index in [2.05, 4.69) is 5.32 Å². The van der Waals surface area contributed by atoms with E-state index in [0.717, 1.165) is 22.6 Å². The predicted octanol–water partition coefficient (Wildman–Crippen LogP) is 0.341. The first kappa shape index (κ1) is 11.7. The SMILES string of the molecule is Cc1cc2c(cc1CNCC(N)=O)OCCO2. The normalized spacial score (nSPS) is 13.5. The van der Waals surface area contributed by atoms with Crippen LogP contribution in [-0.2, 0) is 11.3 Å². The van der Waals surface area contributed by atoms with Crippen molar-refractivity contribution in [1.82, 2.24) is 5.32 Å². The van der Waals surface area contributed by atoms with E-state index in [0.29, 0.717) is 19.8 Å². The van der Waals surface area contributed by atoms with Crippen LogP contribution in [0.4, 0.5) is 0 Å². The summed E-state index contributed by atoms with van der Waals surface area (Å²) < 4.78 is 11.0. The van der Waals surface area contributed by atoms with Gasteiger partial charge in [-0.15, -0.1) is 0 Å². The molecular weight excluding hydrogens is 220 g/mol. The van der Waals surface area contributed by atoms with Crippen molar-refractivity contribution < 1.29 is 14.3 Å². The zero-order chi connectivity index (χ0) is 12.3. The third-order valence-corrected chi connectivity index (χ3v) is 2.62. The number of carbonyl (C=O) groups excluding carboxylic acids is 1. The number of fused-ring (bicyclic) bond motifs is 1. The van der Waals surface area contributed by atoms with Gasteiger partial charge in [0.2, 0.25) is 5.91 Å². The third-order valence-electron chi connectivity index (χ3n) is 2.62. The van der Waals surface area contributed by atoms with Crippen molar-refractivity contribution in [3.63, 3.8) is 0 Å². The summed E-state index contributed by atoms with van der Waals surface area (Å²) in [5.41, 5.74) is 7.24. The fraction of sp³-hybridized carbons (Fsp3) is 0.417. The number of nitrogens with two attached hydrogens (primary N) is 1. The van der Waals surface area contributed by atoms with Gasteiger partial charge < -0.3 is 20.5 Å². The molecule has 1 aliphatic heterocycles. The second-order valence-electron chi connectivity index (χ2n) is 3.99. The molecule has 0 atom stereocenters. The van der Waals surface area contributed by atoms with Gasteiger partial charge >= 0.3 is 0 Å². The lowest BCUT2D eigenvalue weighted by atomic mass is 10.1. The Hall–Kier alpha value is -1.75. The Morgan fingerprint density at radius 2 is 2.00 bits per heavy atom. The largest absolute Gasteiger partial charge is 0.486 e. The molecule has 5 heteroatoms. The van der Waals surface area contributed by atoms with Crippen molar-refractivity contribution in [3.8, 4) is 11.5 Å². The average molecular weight is 236 g/mol. The highest BCUT2D eigenvalue weighted by atomic mass is 16.6.